The van der Waals surface area contributed by atoms with Crippen LogP contribution in [-0.4, -0.2) is 4.98 Å². The van der Waals surface area contributed by atoms with E-state index in [2.05, 4.69) is 4.98 Å². The number of thiazole rings is 1. The van der Waals surface area contributed by atoms with E-state index >= 15 is 0 Å². The predicted molar refractivity (Wildman–Crippen MR) is 101 cm³/mol. The van der Waals surface area contributed by atoms with Crippen LogP contribution in [0.25, 0.3) is 21.2 Å². The van der Waals surface area contributed by atoms with E-state index < -0.39 is 0 Å². The molecule has 24 heavy (non-hydrogen) atoms. The van der Waals surface area contributed by atoms with Crippen molar-refractivity contribution in [2.24, 2.45) is 0 Å². The van der Waals surface area contributed by atoms with Crippen LogP contribution < -0.4 is 5.63 Å². The Hall–Kier alpha value is -1.82. The number of aromatic nitrogens is 1. The van der Waals surface area contributed by atoms with Crippen LogP contribution in [0.2, 0.25) is 5.02 Å². The highest BCUT2D eigenvalue weighted by molar-refractivity contribution is 8.00. The van der Waals surface area contributed by atoms with Gasteiger partial charge in [0.05, 0.1) is 10.2 Å². The van der Waals surface area contributed by atoms with E-state index in [4.69, 9.17) is 16.0 Å². The number of rotatable bonds is 3. The Morgan fingerprint density at radius 3 is 2.96 bits per heavy atom. The quantitative estimate of drug-likeness (QED) is 0.343. The molecule has 0 atom stereocenters. The molecule has 4 aromatic rings. The molecule has 0 N–H and O–H groups in total. The van der Waals surface area contributed by atoms with Crippen LogP contribution in [0, 0.1) is 6.92 Å². The molecule has 0 unspecified atom stereocenters. The Labute approximate surface area is 151 Å². The highest BCUT2D eigenvalue weighted by atomic mass is 35.5. The smallest absolute Gasteiger partial charge is 0.336 e. The minimum absolute atomic E-state index is 0.320. The summed E-state index contributed by atoms with van der Waals surface area (Å²) in [5, 5.41) is 1.66. The Balaban J connectivity index is 1.67. The average Bonchev–Trinajstić information content (AvgIpc) is 2.94. The third-order valence-electron chi connectivity index (χ3n) is 3.67. The van der Waals surface area contributed by atoms with Gasteiger partial charge in [0.15, 0.2) is 4.34 Å². The molecule has 3 nitrogen and oxygen atoms in total. The van der Waals surface area contributed by atoms with Crippen molar-refractivity contribution in [3.63, 3.8) is 0 Å². The largest absolute Gasteiger partial charge is 0.423 e. The molecule has 0 aliphatic heterocycles. The Morgan fingerprint density at radius 1 is 1.21 bits per heavy atom. The Bertz CT molecular complexity index is 1120. The molecule has 4 rings (SSSR count). The summed E-state index contributed by atoms with van der Waals surface area (Å²) >= 11 is 9.25. The van der Waals surface area contributed by atoms with E-state index in [1.54, 1.807) is 29.2 Å². The van der Waals surface area contributed by atoms with Crippen LogP contribution in [-0.2, 0) is 5.75 Å². The van der Waals surface area contributed by atoms with E-state index in [9.17, 15) is 4.79 Å². The second-order valence-electron chi connectivity index (χ2n) is 5.47. The summed E-state index contributed by atoms with van der Waals surface area (Å²) in [6.07, 6.45) is 0. The first-order valence-electron chi connectivity index (χ1n) is 7.31. The van der Waals surface area contributed by atoms with Crippen molar-refractivity contribution in [2.75, 3.05) is 0 Å². The van der Waals surface area contributed by atoms with Gasteiger partial charge in [-0.3, -0.25) is 0 Å². The maximum absolute atomic E-state index is 11.8. The van der Waals surface area contributed by atoms with Gasteiger partial charge in [0.25, 0.3) is 0 Å². The lowest BCUT2D eigenvalue weighted by molar-refractivity contribution is 0.559. The molecule has 120 valence electrons. The maximum Gasteiger partial charge on any atom is 0.336 e. The van der Waals surface area contributed by atoms with Crippen LogP contribution >= 0.6 is 34.7 Å². The number of benzene rings is 2. The molecule has 0 bridgehead atoms. The normalized spacial score (nSPS) is 11.4. The molecule has 0 aliphatic rings. The molecule has 0 saturated carbocycles. The number of thioether (sulfide) groups is 1. The summed E-state index contributed by atoms with van der Waals surface area (Å²) in [5.41, 5.74) is 3.25. The number of hydrogen-bond donors (Lipinski definition) is 0. The van der Waals surface area contributed by atoms with E-state index in [1.807, 2.05) is 43.3 Å². The third kappa shape index (κ3) is 3.07. The lowest BCUT2D eigenvalue weighted by Gasteiger charge is -2.04. The number of hydrogen-bond acceptors (Lipinski definition) is 5. The highest BCUT2D eigenvalue weighted by Crippen LogP contribution is 2.33. The number of nitrogens with zero attached hydrogens (tertiary/aromatic N) is 1. The van der Waals surface area contributed by atoms with Gasteiger partial charge in [0.1, 0.15) is 5.58 Å². The molecule has 0 spiro atoms. The standard InChI is InChI=1S/C18H12ClNO2S2/c1-10-2-4-13-11(7-17(21)22-15(13)6-10)9-23-18-20-14-8-12(19)3-5-16(14)24-18/h2-8H,9H2,1H3. The van der Waals surface area contributed by atoms with Crippen LogP contribution in [0.15, 0.2) is 56.0 Å². The van der Waals surface area contributed by atoms with Gasteiger partial charge in [-0.05, 0) is 42.3 Å². The van der Waals surface area contributed by atoms with Gasteiger partial charge in [-0.25, -0.2) is 9.78 Å². The lowest BCUT2D eigenvalue weighted by Crippen LogP contribution is -2.00. The lowest BCUT2D eigenvalue weighted by atomic mass is 10.1. The second kappa shape index (κ2) is 6.24. The maximum atomic E-state index is 11.8. The molecule has 2 aromatic carbocycles. The van der Waals surface area contributed by atoms with E-state index in [-0.39, 0.29) is 5.63 Å². The number of fused-ring (bicyclic) bond motifs is 2. The molecular weight excluding hydrogens is 362 g/mol. The van der Waals surface area contributed by atoms with Gasteiger partial charge in [0, 0.05) is 22.2 Å². The number of halogens is 1. The SMILES string of the molecule is Cc1ccc2c(CSc3nc4cc(Cl)ccc4s3)cc(=O)oc2c1. The van der Waals surface area contributed by atoms with Gasteiger partial charge < -0.3 is 4.42 Å². The summed E-state index contributed by atoms with van der Waals surface area (Å²) in [4.78, 5) is 16.4. The third-order valence-corrected chi connectivity index (χ3v) is 6.13. The Kier molecular flexibility index (Phi) is 4.08. The van der Waals surface area contributed by atoms with Gasteiger partial charge in [0.2, 0.25) is 0 Å². The molecule has 6 heteroatoms. The first-order chi connectivity index (χ1) is 11.6. The van der Waals surface area contributed by atoms with Crippen molar-refractivity contribution in [2.45, 2.75) is 17.0 Å². The summed E-state index contributed by atoms with van der Waals surface area (Å²) < 4.78 is 7.37. The van der Waals surface area contributed by atoms with Crippen LogP contribution in [0.3, 0.4) is 0 Å². The van der Waals surface area contributed by atoms with E-state index in [0.717, 1.165) is 31.1 Å². The van der Waals surface area contributed by atoms with Crippen molar-refractivity contribution in [3.05, 3.63) is 69.0 Å². The van der Waals surface area contributed by atoms with Gasteiger partial charge in [-0.2, -0.15) is 0 Å². The van der Waals surface area contributed by atoms with Crippen molar-refractivity contribution in [3.8, 4) is 0 Å². The molecule has 2 heterocycles. The summed E-state index contributed by atoms with van der Waals surface area (Å²) in [5.74, 6) is 0.665. The van der Waals surface area contributed by atoms with Gasteiger partial charge in [-0.15, -0.1) is 11.3 Å². The first kappa shape index (κ1) is 15.7. The first-order valence-corrected chi connectivity index (χ1v) is 9.49. The van der Waals surface area contributed by atoms with E-state index in [1.165, 1.54) is 0 Å². The van der Waals surface area contributed by atoms with Crippen molar-refractivity contribution >= 4 is 55.9 Å². The van der Waals surface area contributed by atoms with Crippen LogP contribution in [0.5, 0.6) is 0 Å². The van der Waals surface area contributed by atoms with E-state index in [0.29, 0.717) is 16.4 Å². The molecule has 0 radical (unpaired) electrons. The molecule has 0 fully saturated rings. The molecular formula is C18H12ClNO2S2. The monoisotopic (exact) mass is 373 g/mol. The van der Waals surface area contributed by atoms with Gasteiger partial charge >= 0.3 is 5.63 Å². The van der Waals surface area contributed by atoms with Crippen LogP contribution in [0.1, 0.15) is 11.1 Å². The van der Waals surface area contributed by atoms with Crippen molar-refractivity contribution < 1.29 is 4.42 Å². The Morgan fingerprint density at radius 2 is 2.08 bits per heavy atom. The van der Waals surface area contributed by atoms with Gasteiger partial charge in [-0.1, -0.05) is 35.5 Å². The summed E-state index contributed by atoms with van der Waals surface area (Å²) in [6, 6.07) is 13.2. The second-order valence-corrected chi connectivity index (χ2v) is 8.16. The molecule has 0 amide bonds. The molecule has 2 aromatic heterocycles. The molecule has 0 saturated heterocycles. The minimum atomic E-state index is -0.320. The fourth-order valence-corrected chi connectivity index (χ4v) is 4.74. The zero-order chi connectivity index (χ0) is 16.7. The fourth-order valence-electron chi connectivity index (χ4n) is 2.54. The highest BCUT2D eigenvalue weighted by Gasteiger charge is 2.09. The average molecular weight is 374 g/mol. The predicted octanol–water partition coefficient (Wildman–Crippen LogP) is 5.66. The topological polar surface area (TPSA) is 43.1 Å². The zero-order valence-electron chi connectivity index (χ0n) is 12.7. The number of aryl methyl sites for hydroxylation is 1. The summed E-state index contributed by atoms with van der Waals surface area (Å²) in [6.45, 7) is 1.98. The zero-order valence-corrected chi connectivity index (χ0v) is 15.1. The minimum Gasteiger partial charge on any atom is -0.423 e. The van der Waals surface area contributed by atoms with Crippen LogP contribution in [0.4, 0.5) is 0 Å². The fraction of sp³-hybridized carbons (Fsp3) is 0.111. The summed E-state index contributed by atoms with van der Waals surface area (Å²) in [7, 11) is 0. The van der Waals surface area contributed by atoms with Crippen molar-refractivity contribution in [1.29, 1.82) is 0 Å². The van der Waals surface area contributed by atoms with Crippen molar-refractivity contribution in [1.82, 2.24) is 4.98 Å². The molecule has 0 aliphatic carbocycles.